The summed E-state index contributed by atoms with van der Waals surface area (Å²) < 4.78 is 7.78. The topological polar surface area (TPSA) is 96.7 Å². The molecule has 0 unspecified atom stereocenters. The summed E-state index contributed by atoms with van der Waals surface area (Å²) in [4.78, 5) is 39.8. The number of likely N-dealkylation sites (tertiary alicyclic amines) is 1. The molecule has 0 spiro atoms. The van der Waals surface area contributed by atoms with Crippen molar-refractivity contribution in [1.82, 2.24) is 24.6 Å². The van der Waals surface area contributed by atoms with E-state index in [0.29, 0.717) is 36.6 Å². The second kappa shape index (κ2) is 12.9. The molecule has 11 heteroatoms. The van der Waals surface area contributed by atoms with Crippen LogP contribution < -0.4 is 9.80 Å². The fourth-order valence-corrected chi connectivity index (χ4v) is 8.42. The van der Waals surface area contributed by atoms with E-state index in [9.17, 15) is 9.59 Å². The van der Waals surface area contributed by atoms with Gasteiger partial charge in [0.2, 0.25) is 0 Å². The van der Waals surface area contributed by atoms with Crippen LogP contribution in [0.4, 0.5) is 16.4 Å². The molecule has 3 aliphatic rings. The van der Waals surface area contributed by atoms with E-state index in [1.54, 1.807) is 27.9 Å². The molecule has 1 atom stereocenters. The lowest BCUT2D eigenvalue weighted by molar-refractivity contribution is 0.0581. The van der Waals surface area contributed by atoms with Gasteiger partial charge in [-0.3, -0.25) is 19.5 Å². The fourth-order valence-electron chi connectivity index (χ4n) is 7.73. The zero-order valence-corrected chi connectivity index (χ0v) is 30.0. The number of nitrogens with zero attached hydrogens (tertiary/aromatic N) is 7. The molecule has 1 saturated heterocycles. The van der Waals surface area contributed by atoms with Crippen LogP contribution in [-0.4, -0.2) is 68.1 Å². The van der Waals surface area contributed by atoms with E-state index in [4.69, 9.17) is 9.72 Å². The molecule has 1 aliphatic carbocycles. The smallest absolute Gasteiger partial charge is 0.415 e. The van der Waals surface area contributed by atoms with Gasteiger partial charge in [-0.2, -0.15) is 0 Å². The summed E-state index contributed by atoms with van der Waals surface area (Å²) in [5.41, 5.74) is 2.84. The Morgan fingerprint density at radius 3 is 2.53 bits per heavy atom. The normalized spacial score (nSPS) is 23.1. The lowest BCUT2D eigenvalue weighted by Gasteiger charge is -2.46. The molecule has 1 saturated carbocycles. The van der Waals surface area contributed by atoms with Crippen LogP contribution in [0.25, 0.3) is 0 Å². The van der Waals surface area contributed by atoms with Gasteiger partial charge >= 0.3 is 6.09 Å². The summed E-state index contributed by atoms with van der Waals surface area (Å²) in [5.74, 6) is 2.98. The van der Waals surface area contributed by atoms with Crippen molar-refractivity contribution in [1.29, 1.82) is 0 Å². The van der Waals surface area contributed by atoms with Crippen LogP contribution in [0.3, 0.4) is 0 Å². The minimum absolute atomic E-state index is 0.0604. The molecule has 47 heavy (non-hydrogen) atoms. The minimum Gasteiger partial charge on any atom is -0.443 e. The van der Waals surface area contributed by atoms with E-state index in [2.05, 4.69) is 47.3 Å². The molecule has 252 valence electrons. The van der Waals surface area contributed by atoms with Crippen LogP contribution in [0, 0.1) is 11.8 Å². The zero-order chi connectivity index (χ0) is 33.7. The van der Waals surface area contributed by atoms with Crippen LogP contribution in [0.1, 0.15) is 100 Å². The van der Waals surface area contributed by atoms with Crippen LogP contribution in [0.2, 0.25) is 0 Å². The van der Waals surface area contributed by atoms with Gasteiger partial charge in [-0.05, 0) is 119 Å². The molecule has 2 aromatic heterocycles. The van der Waals surface area contributed by atoms with Crippen LogP contribution in [0.5, 0.6) is 0 Å². The van der Waals surface area contributed by atoms with Crippen molar-refractivity contribution >= 4 is 35.4 Å². The van der Waals surface area contributed by atoms with E-state index < -0.39 is 17.1 Å². The number of pyridine rings is 1. The predicted octanol–water partition coefficient (Wildman–Crippen LogP) is 6.80. The van der Waals surface area contributed by atoms with Crippen LogP contribution >= 0.6 is 11.8 Å². The quantitative estimate of drug-likeness (QED) is 0.244. The Labute approximate surface area is 283 Å². The highest BCUT2D eigenvalue weighted by molar-refractivity contribution is 7.98. The molecular formula is C36H49N7O3S. The molecule has 2 fully saturated rings. The second-order valence-corrected chi connectivity index (χ2v) is 15.7. The van der Waals surface area contributed by atoms with Gasteiger partial charge in [-0.25, -0.2) is 9.78 Å². The van der Waals surface area contributed by atoms with Gasteiger partial charge < -0.3 is 9.30 Å². The Morgan fingerprint density at radius 2 is 1.91 bits per heavy atom. The molecule has 10 nitrogen and oxygen atoms in total. The summed E-state index contributed by atoms with van der Waals surface area (Å²) in [6, 6.07) is 8.37. The first-order chi connectivity index (χ1) is 22.3. The Hall–Kier alpha value is -3.44. The number of rotatable bonds is 8. The predicted molar refractivity (Wildman–Crippen MR) is 186 cm³/mol. The molecule has 2 amide bonds. The maximum atomic E-state index is 14.3. The van der Waals surface area contributed by atoms with Crippen molar-refractivity contribution in [3.8, 4) is 0 Å². The number of aromatic nitrogens is 4. The first kappa shape index (κ1) is 33.5. The molecule has 6 rings (SSSR count). The number of aryl methyl sites for hydroxylation is 1. The third-order valence-electron chi connectivity index (χ3n) is 9.80. The van der Waals surface area contributed by atoms with E-state index in [1.165, 1.54) is 18.4 Å². The van der Waals surface area contributed by atoms with E-state index in [1.807, 2.05) is 51.4 Å². The third kappa shape index (κ3) is 6.53. The number of carbonyl (C=O) groups is 2. The van der Waals surface area contributed by atoms with E-state index >= 15 is 0 Å². The maximum Gasteiger partial charge on any atom is 0.415 e. The van der Waals surface area contributed by atoms with Crippen molar-refractivity contribution in [3.05, 3.63) is 58.7 Å². The molecule has 4 heterocycles. The summed E-state index contributed by atoms with van der Waals surface area (Å²) >= 11 is 1.69. The first-order valence-electron chi connectivity index (χ1n) is 16.9. The Morgan fingerprint density at radius 1 is 1.15 bits per heavy atom. The van der Waals surface area contributed by atoms with Crippen molar-refractivity contribution in [2.24, 2.45) is 18.9 Å². The minimum atomic E-state index is -0.668. The van der Waals surface area contributed by atoms with Crippen molar-refractivity contribution in [3.63, 3.8) is 0 Å². The molecule has 0 bridgehead atoms. The number of fused-ring (bicyclic) bond motifs is 1. The number of ether oxygens (including phenoxy) is 1. The number of anilines is 2. The highest BCUT2D eigenvalue weighted by atomic mass is 32.2. The zero-order valence-electron chi connectivity index (χ0n) is 29.2. The molecule has 3 aromatic rings. The maximum absolute atomic E-state index is 14.3. The summed E-state index contributed by atoms with van der Waals surface area (Å²) in [7, 11) is 1.97. The summed E-state index contributed by atoms with van der Waals surface area (Å²) in [6.45, 7) is 15.8. The average Bonchev–Trinajstić information content (AvgIpc) is 3.57. The summed E-state index contributed by atoms with van der Waals surface area (Å²) in [6.07, 6.45) is 7.59. The Balaban J connectivity index is 1.42. The highest BCUT2D eigenvalue weighted by Gasteiger charge is 2.49. The van der Waals surface area contributed by atoms with Crippen molar-refractivity contribution in [2.75, 3.05) is 35.7 Å². The van der Waals surface area contributed by atoms with Gasteiger partial charge in [0.25, 0.3) is 5.91 Å². The number of thioether (sulfide) groups is 1. The lowest BCUT2D eigenvalue weighted by Crippen LogP contribution is -2.44. The Kier molecular flexibility index (Phi) is 9.17. The second-order valence-electron chi connectivity index (χ2n) is 14.9. The van der Waals surface area contributed by atoms with Gasteiger partial charge in [-0.15, -0.1) is 22.0 Å². The van der Waals surface area contributed by atoms with Crippen LogP contribution in [-0.2, 0) is 30.3 Å². The summed E-state index contributed by atoms with van der Waals surface area (Å²) in [5, 5.41) is 8.78. The molecule has 0 radical (unpaired) electrons. The van der Waals surface area contributed by atoms with Gasteiger partial charge in [0.15, 0.2) is 0 Å². The first-order valence-corrected chi connectivity index (χ1v) is 18.2. The molecule has 2 aliphatic heterocycles. The van der Waals surface area contributed by atoms with Crippen molar-refractivity contribution < 1.29 is 14.3 Å². The number of amides is 2. The fraction of sp³-hybridized carbons (Fsp3) is 0.583. The number of piperidine rings is 1. The number of hydrogen-bond acceptors (Lipinski definition) is 8. The molecule has 1 aromatic carbocycles. The average molecular weight is 660 g/mol. The number of hydrogen-bond donors (Lipinski definition) is 0. The van der Waals surface area contributed by atoms with E-state index in [-0.39, 0.29) is 5.91 Å². The SMILES string of the molecule is CCN(C(=O)OC(C)(C)C)c1cc(C2(c3nncn3C)CC(C)C2)cc(N2Cc3c(SC)cc(CN4CCC[C@H](C)C4)cc3C2=O)n1. The molecule has 0 N–H and O–H groups in total. The third-order valence-corrected chi connectivity index (χ3v) is 10.6. The van der Waals surface area contributed by atoms with E-state index in [0.717, 1.165) is 59.9 Å². The highest BCUT2D eigenvalue weighted by Crippen LogP contribution is 2.52. The molecular weight excluding hydrogens is 611 g/mol. The largest absolute Gasteiger partial charge is 0.443 e. The van der Waals surface area contributed by atoms with Crippen LogP contribution in [0.15, 0.2) is 35.5 Å². The standard InChI is InChI=1S/C36H49N7O3S/c1-9-42(34(45)46-35(4,5)6)30-15-26(36(17-24(3)18-36)33-39-37-22-40(33)7)16-31(38-30)43-21-28-27(32(43)44)13-25(14-29(28)47-8)20-41-12-10-11-23(2)19-41/h13-16,22-24H,9-12,17-21H2,1-8H3/t23-,24?,36?/m0/s1. The lowest BCUT2D eigenvalue weighted by atomic mass is 9.58. The Bertz CT molecular complexity index is 1660. The van der Waals surface area contributed by atoms with Crippen molar-refractivity contribution in [2.45, 2.75) is 96.2 Å². The number of benzene rings is 1. The van der Waals surface area contributed by atoms with Gasteiger partial charge in [-0.1, -0.05) is 13.8 Å². The monoisotopic (exact) mass is 659 g/mol. The van der Waals surface area contributed by atoms with Gasteiger partial charge in [0.1, 0.15) is 29.4 Å². The van der Waals surface area contributed by atoms with Gasteiger partial charge in [0, 0.05) is 37.1 Å². The number of carbonyl (C=O) groups excluding carboxylic acids is 2. The van der Waals surface area contributed by atoms with Gasteiger partial charge in [0.05, 0.1) is 12.0 Å².